The monoisotopic (exact) mass is 372 g/mol. The van der Waals surface area contributed by atoms with E-state index in [1.807, 2.05) is 48.7 Å². The van der Waals surface area contributed by atoms with Crippen molar-refractivity contribution >= 4 is 16.8 Å². The number of imidazole rings is 1. The molecule has 3 N–H and O–H groups in total. The van der Waals surface area contributed by atoms with Gasteiger partial charge in [0.05, 0.1) is 7.11 Å². The zero-order valence-corrected chi connectivity index (χ0v) is 15.5. The van der Waals surface area contributed by atoms with Crippen LogP contribution in [-0.4, -0.2) is 34.5 Å². The number of rotatable bonds is 3. The van der Waals surface area contributed by atoms with Crippen molar-refractivity contribution in [2.45, 2.75) is 12.3 Å². The summed E-state index contributed by atoms with van der Waals surface area (Å²) in [6.45, 7) is 0.548. The number of hydrogen-bond donors (Lipinski definition) is 3. The summed E-state index contributed by atoms with van der Waals surface area (Å²) in [5, 5.41) is 4.09. The molecule has 0 fully saturated rings. The van der Waals surface area contributed by atoms with Gasteiger partial charge in [0.25, 0.3) is 5.91 Å². The quantitative estimate of drug-likeness (QED) is 0.513. The number of nitrogens with zero attached hydrogens (tertiary/aromatic N) is 1. The summed E-state index contributed by atoms with van der Waals surface area (Å²) < 4.78 is 5.53. The lowest BCUT2D eigenvalue weighted by Crippen LogP contribution is -2.26. The van der Waals surface area contributed by atoms with Crippen molar-refractivity contribution in [2.75, 3.05) is 13.7 Å². The highest BCUT2D eigenvalue weighted by molar-refractivity contribution is 5.97. The van der Waals surface area contributed by atoms with Crippen LogP contribution in [0.2, 0.25) is 0 Å². The van der Waals surface area contributed by atoms with Gasteiger partial charge in [0.15, 0.2) is 0 Å². The van der Waals surface area contributed by atoms with E-state index in [9.17, 15) is 4.79 Å². The van der Waals surface area contributed by atoms with Crippen molar-refractivity contribution in [3.63, 3.8) is 0 Å². The van der Waals surface area contributed by atoms with Gasteiger partial charge in [-0.05, 0) is 30.2 Å². The number of nitrogens with one attached hydrogen (secondary N) is 3. The van der Waals surface area contributed by atoms with Gasteiger partial charge in [-0.2, -0.15) is 0 Å². The Labute approximate surface area is 162 Å². The van der Waals surface area contributed by atoms with Gasteiger partial charge in [0.2, 0.25) is 0 Å². The fourth-order valence-electron chi connectivity index (χ4n) is 4.01. The SMILES string of the molecule is COc1ccccc1[C@@H]1CNC(=O)c2nc(-c3cccc4[nH]ccc34)[nH]c2C1. The molecule has 0 saturated carbocycles. The van der Waals surface area contributed by atoms with Gasteiger partial charge in [-0.25, -0.2) is 4.98 Å². The van der Waals surface area contributed by atoms with E-state index in [1.54, 1.807) is 7.11 Å². The van der Waals surface area contributed by atoms with Crippen molar-refractivity contribution in [1.29, 1.82) is 0 Å². The van der Waals surface area contributed by atoms with Gasteiger partial charge in [-0.1, -0.05) is 30.3 Å². The summed E-state index contributed by atoms with van der Waals surface area (Å²) in [6, 6.07) is 16.0. The molecule has 0 saturated heterocycles. The normalized spacial score (nSPS) is 16.5. The second kappa shape index (κ2) is 6.56. The van der Waals surface area contributed by atoms with Gasteiger partial charge in [-0.3, -0.25) is 4.79 Å². The molecule has 1 aliphatic heterocycles. The Balaban J connectivity index is 1.57. The number of carbonyl (C=O) groups is 1. The lowest BCUT2D eigenvalue weighted by molar-refractivity contribution is 0.0950. The average Bonchev–Trinajstić information content (AvgIpc) is 3.34. The summed E-state index contributed by atoms with van der Waals surface area (Å²) in [6.07, 6.45) is 2.59. The first-order chi connectivity index (χ1) is 13.7. The van der Waals surface area contributed by atoms with Crippen LogP contribution in [0.1, 0.15) is 27.7 Å². The molecule has 0 unspecified atom stereocenters. The minimum atomic E-state index is -0.142. The molecule has 140 valence electrons. The van der Waals surface area contributed by atoms with Crippen LogP contribution in [0.25, 0.3) is 22.3 Å². The Morgan fingerprint density at radius 2 is 2.00 bits per heavy atom. The van der Waals surface area contributed by atoms with Gasteiger partial charge >= 0.3 is 0 Å². The Bertz CT molecular complexity index is 1170. The van der Waals surface area contributed by atoms with Gasteiger partial charge in [0.1, 0.15) is 17.3 Å². The highest BCUT2D eigenvalue weighted by atomic mass is 16.5. The Morgan fingerprint density at radius 1 is 1.11 bits per heavy atom. The van der Waals surface area contributed by atoms with E-state index in [4.69, 9.17) is 4.74 Å². The highest BCUT2D eigenvalue weighted by Crippen LogP contribution is 2.33. The predicted molar refractivity (Wildman–Crippen MR) is 108 cm³/mol. The van der Waals surface area contributed by atoms with Crippen LogP contribution in [0, 0.1) is 0 Å². The van der Waals surface area contributed by atoms with Crippen LogP contribution < -0.4 is 10.1 Å². The summed E-state index contributed by atoms with van der Waals surface area (Å²) in [5.74, 6) is 1.52. The smallest absolute Gasteiger partial charge is 0.271 e. The molecule has 0 spiro atoms. The standard InChI is InChI=1S/C22H20N4O2/c1-28-19-8-3-2-5-14(19)13-11-18-20(22(27)24-12-13)26-21(25-18)16-6-4-7-17-15(16)9-10-23-17/h2-10,13,23H,11-12H2,1H3,(H,24,27)(H,25,26)/t13-/m0/s1. The second-order valence-electron chi connectivity index (χ2n) is 7.01. The van der Waals surface area contributed by atoms with Crippen molar-refractivity contribution < 1.29 is 9.53 Å². The fourth-order valence-corrected chi connectivity index (χ4v) is 4.01. The molecule has 0 radical (unpaired) electrons. The maximum Gasteiger partial charge on any atom is 0.271 e. The van der Waals surface area contributed by atoms with E-state index < -0.39 is 0 Å². The second-order valence-corrected chi connectivity index (χ2v) is 7.01. The molecular formula is C22H20N4O2. The van der Waals surface area contributed by atoms with E-state index in [0.717, 1.165) is 33.5 Å². The van der Waals surface area contributed by atoms with Gasteiger partial charge in [-0.15, -0.1) is 0 Å². The Hall–Kier alpha value is -3.54. The summed E-state index contributed by atoms with van der Waals surface area (Å²) >= 11 is 0. The van der Waals surface area contributed by atoms with Crippen LogP contribution in [0.5, 0.6) is 5.75 Å². The van der Waals surface area contributed by atoms with Gasteiger partial charge < -0.3 is 20.0 Å². The fraction of sp³-hybridized carbons (Fsp3) is 0.182. The number of aromatic amines is 2. The van der Waals surface area contributed by atoms with Crippen molar-refractivity contribution in [3.05, 3.63) is 71.7 Å². The molecule has 1 atom stereocenters. The zero-order chi connectivity index (χ0) is 19.1. The number of hydrogen-bond acceptors (Lipinski definition) is 3. The molecule has 0 aliphatic carbocycles. The zero-order valence-electron chi connectivity index (χ0n) is 15.5. The lowest BCUT2D eigenvalue weighted by Gasteiger charge is -2.17. The molecule has 28 heavy (non-hydrogen) atoms. The van der Waals surface area contributed by atoms with Crippen molar-refractivity contribution in [1.82, 2.24) is 20.3 Å². The van der Waals surface area contributed by atoms with Crippen LogP contribution in [0.3, 0.4) is 0 Å². The van der Waals surface area contributed by atoms with E-state index in [2.05, 4.69) is 26.3 Å². The number of fused-ring (bicyclic) bond motifs is 2. The molecule has 2 aromatic heterocycles. The van der Waals surface area contributed by atoms with E-state index in [1.165, 1.54) is 0 Å². The third-order valence-electron chi connectivity index (χ3n) is 5.38. The van der Waals surface area contributed by atoms with Crippen LogP contribution >= 0.6 is 0 Å². The average molecular weight is 372 g/mol. The Kier molecular flexibility index (Phi) is 3.90. The molecular weight excluding hydrogens is 352 g/mol. The molecule has 1 amide bonds. The third-order valence-corrected chi connectivity index (χ3v) is 5.38. The topological polar surface area (TPSA) is 82.8 Å². The van der Waals surface area contributed by atoms with Crippen molar-refractivity contribution in [2.24, 2.45) is 0 Å². The predicted octanol–water partition coefficient (Wildman–Crippen LogP) is 3.64. The van der Waals surface area contributed by atoms with Crippen LogP contribution in [0.4, 0.5) is 0 Å². The summed E-state index contributed by atoms with van der Waals surface area (Å²) in [4.78, 5) is 23.9. The molecule has 3 heterocycles. The number of ether oxygens (including phenoxy) is 1. The molecule has 5 rings (SSSR count). The number of benzene rings is 2. The molecule has 6 heteroatoms. The summed E-state index contributed by atoms with van der Waals surface area (Å²) in [7, 11) is 1.67. The lowest BCUT2D eigenvalue weighted by atomic mass is 9.93. The molecule has 6 nitrogen and oxygen atoms in total. The highest BCUT2D eigenvalue weighted by Gasteiger charge is 2.28. The van der Waals surface area contributed by atoms with E-state index >= 15 is 0 Å². The third kappa shape index (κ3) is 2.65. The first kappa shape index (κ1) is 16.6. The van der Waals surface area contributed by atoms with E-state index in [0.29, 0.717) is 24.5 Å². The number of H-pyrrole nitrogens is 2. The number of para-hydroxylation sites is 1. The number of carbonyl (C=O) groups excluding carboxylic acids is 1. The van der Waals surface area contributed by atoms with Crippen LogP contribution in [0.15, 0.2) is 54.7 Å². The minimum Gasteiger partial charge on any atom is -0.496 e. The maximum atomic E-state index is 12.7. The largest absolute Gasteiger partial charge is 0.496 e. The van der Waals surface area contributed by atoms with Crippen LogP contribution in [-0.2, 0) is 6.42 Å². The minimum absolute atomic E-state index is 0.109. The Morgan fingerprint density at radius 3 is 2.89 bits per heavy atom. The molecule has 0 bridgehead atoms. The van der Waals surface area contributed by atoms with Gasteiger partial charge in [0, 0.05) is 40.8 Å². The summed E-state index contributed by atoms with van der Waals surface area (Å²) in [5.41, 5.74) is 4.43. The van der Waals surface area contributed by atoms with E-state index in [-0.39, 0.29) is 11.8 Å². The maximum absolute atomic E-state index is 12.7. The number of aromatic nitrogens is 3. The first-order valence-corrected chi connectivity index (χ1v) is 9.31. The number of amides is 1. The molecule has 1 aliphatic rings. The van der Waals surface area contributed by atoms with Crippen molar-refractivity contribution in [3.8, 4) is 17.1 Å². The number of methoxy groups -OCH3 is 1. The first-order valence-electron chi connectivity index (χ1n) is 9.31. The molecule has 2 aromatic carbocycles. The molecule has 4 aromatic rings.